The average molecular weight is 224 g/mol. The summed E-state index contributed by atoms with van der Waals surface area (Å²) in [6.45, 7) is 1.67. The minimum atomic E-state index is 0.0595. The molecular formula is C10H16N4O2. The molecule has 1 aliphatic heterocycles. The van der Waals surface area contributed by atoms with E-state index in [9.17, 15) is 4.79 Å². The second-order valence-corrected chi connectivity index (χ2v) is 4.07. The fourth-order valence-corrected chi connectivity index (χ4v) is 1.91. The summed E-state index contributed by atoms with van der Waals surface area (Å²) in [5, 5.41) is 7.07. The Bertz CT molecular complexity index is 355. The topological polar surface area (TPSA) is 85.2 Å². The standard InChI is InChI=1S/C10H16N4O2/c11-10-8(12-16-13-10)7-9(15)14-5-3-1-2-4-6-14/h1-7H2,(H2,11,13). The molecule has 1 fully saturated rings. The van der Waals surface area contributed by atoms with Gasteiger partial charge in [-0.15, -0.1) is 0 Å². The van der Waals surface area contributed by atoms with Crippen LogP contribution in [0, 0.1) is 0 Å². The van der Waals surface area contributed by atoms with Crippen molar-refractivity contribution >= 4 is 11.7 Å². The van der Waals surface area contributed by atoms with Crippen LogP contribution in [0.5, 0.6) is 0 Å². The fourth-order valence-electron chi connectivity index (χ4n) is 1.91. The molecule has 2 heterocycles. The van der Waals surface area contributed by atoms with Gasteiger partial charge in [0.2, 0.25) is 5.91 Å². The van der Waals surface area contributed by atoms with Crippen molar-refractivity contribution in [2.75, 3.05) is 18.8 Å². The van der Waals surface area contributed by atoms with E-state index in [-0.39, 0.29) is 18.1 Å². The first-order chi connectivity index (χ1) is 7.77. The van der Waals surface area contributed by atoms with Crippen molar-refractivity contribution in [3.8, 4) is 0 Å². The van der Waals surface area contributed by atoms with Crippen molar-refractivity contribution in [1.29, 1.82) is 0 Å². The third-order valence-electron chi connectivity index (χ3n) is 2.86. The first kappa shape index (κ1) is 10.9. The van der Waals surface area contributed by atoms with Crippen LogP contribution in [0.4, 0.5) is 5.82 Å². The van der Waals surface area contributed by atoms with Crippen molar-refractivity contribution < 1.29 is 9.42 Å². The quantitative estimate of drug-likeness (QED) is 0.795. The summed E-state index contributed by atoms with van der Waals surface area (Å²) in [5.74, 6) is 0.271. The van der Waals surface area contributed by atoms with Crippen molar-refractivity contribution in [3.05, 3.63) is 5.69 Å². The Hall–Kier alpha value is -1.59. The predicted molar refractivity (Wildman–Crippen MR) is 57.5 cm³/mol. The Kier molecular flexibility index (Phi) is 3.38. The molecule has 0 saturated carbocycles. The highest BCUT2D eigenvalue weighted by molar-refractivity contribution is 5.79. The number of nitrogens with two attached hydrogens (primary N) is 1. The number of aromatic nitrogens is 2. The third-order valence-corrected chi connectivity index (χ3v) is 2.86. The molecule has 0 spiro atoms. The third kappa shape index (κ3) is 2.50. The van der Waals surface area contributed by atoms with E-state index >= 15 is 0 Å². The summed E-state index contributed by atoms with van der Waals surface area (Å²) >= 11 is 0. The van der Waals surface area contributed by atoms with Crippen LogP contribution >= 0.6 is 0 Å². The summed E-state index contributed by atoms with van der Waals surface area (Å²) in [5.41, 5.74) is 5.95. The molecule has 1 aromatic rings. The van der Waals surface area contributed by atoms with Gasteiger partial charge in [0, 0.05) is 13.1 Å². The van der Waals surface area contributed by atoms with Gasteiger partial charge in [-0.1, -0.05) is 18.0 Å². The molecule has 6 nitrogen and oxygen atoms in total. The van der Waals surface area contributed by atoms with E-state index in [0.717, 1.165) is 25.9 Å². The molecule has 2 N–H and O–H groups in total. The van der Waals surface area contributed by atoms with E-state index in [1.54, 1.807) is 0 Å². The number of likely N-dealkylation sites (tertiary alicyclic amines) is 1. The van der Waals surface area contributed by atoms with Gasteiger partial charge in [-0.3, -0.25) is 4.79 Å². The Morgan fingerprint density at radius 3 is 2.50 bits per heavy atom. The highest BCUT2D eigenvalue weighted by atomic mass is 16.6. The first-order valence-electron chi connectivity index (χ1n) is 5.62. The number of hydrogen-bond donors (Lipinski definition) is 1. The van der Waals surface area contributed by atoms with Gasteiger partial charge in [-0.2, -0.15) is 0 Å². The van der Waals surface area contributed by atoms with Crippen LogP contribution in [-0.4, -0.2) is 34.2 Å². The number of amides is 1. The van der Waals surface area contributed by atoms with Crippen LogP contribution < -0.4 is 5.73 Å². The summed E-state index contributed by atoms with van der Waals surface area (Å²) in [4.78, 5) is 13.8. The second-order valence-electron chi connectivity index (χ2n) is 4.07. The number of carbonyl (C=O) groups is 1. The summed E-state index contributed by atoms with van der Waals surface area (Å²) < 4.78 is 4.46. The molecule has 6 heteroatoms. The SMILES string of the molecule is Nc1nonc1CC(=O)N1CCCCCC1. The fraction of sp³-hybridized carbons (Fsp3) is 0.700. The molecule has 1 amide bonds. The molecule has 0 radical (unpaired) electrons. The minimum Gasteiger partial charge on any atom is -0.379 e. The van der Waals surface area contributed by atoms with E-state index in [4.69, 9.17) is 5.73 Å². The zero-order valence-electron chi connectivity index (χ0n) is 9.19. The molecule has 0 atom stereocenters. The van der Waals surface area contributed by atoms with Gasteiger partial charge >= 0.3 is 0 Å². The Morgan fingerprint density at radius 1 is 1.25 bits per heavy atom. The lowest BCUT2D eigenvalue weighted by atomic mass is 10.2. The summed E-state index contributed by atoms with van der Waals surface area (Å²) in [6, 6.07) is 0. The summed E-state index contributed by atoms with van der Waals surface area (Å²) in [6.07, 6.45) is 4.76. The number of carbonyl (C=O) groups excluding carboxylic acids is 1. The lowest BCUT2D eigenvalue weighted by molar-refractivity contribution is -0.130. The van der Waals surface area contributed by atoms with Crippen LogP contribution in [0.15, 0.2) is 4.63 Å². The molecule has 1 saturated heterocycles. The number of hydrogen-bond acceptors (Lipinski definition) is 5. The maximum atomic E-state index is 11.9. The first-order valence-corrected chi connectivity index (χ1v) is 5.62. The van der Waals surface area contributed by atoms with E-state index in [2.05, 4.69) is 14.9 Å². The van der Waals surface area contributed by atoms with Gasteiger partial charge in [0.1, 0.15) is 5.69 Å². The lowest BCUT2D eigenvalue weighted by Crippen LogP contribution is -2.33. The molecule has 0 unspecified atom stereocenters. The lowest BCUT2D eigenvalue weighted by Gasteiger charge is -2.19. The van der Waals surface area contributed by atoms with Crippen molar-refractivity contribution in [3.63, 3.8) is 0 Å². The zero-order chi connectivity index (χ0) is 11.4. The summed E-state index contributed by atoms with van der Waals surface area (Å²) in [7, 11) is 0. The Morgan fingerprint density at radius 2 is 1.94 bits per heavy atom. The number of nitrogen functional groups attached to an aromatic ring is 1. The average Bonchev–Trinajstić information content (AvgIpc) is 2.57. The molecule has 88 valence electrons. The van der Waals surface area contributed by atoms with Crippen molar-refractivity contribution in [2.45, 2.75) is 32.1 Å². The maximum absolute atomic E-state index is 11.9. The van der Waals surface area contributed by atoms with Gasteiger partial charge < -0.3 is 10.6 Å². The zero-order valence-corrected chi connectivity index (χ0v) is 9.19. The molecule has 0 aromatic carbocycles. The number of nitrogens with zero attached hydrogens (tertiary/aromatic N) is 3. The molecular weight excluding hydrogens is 208 g/mol. The second kappa shape index (κ2) is 4.96. The van der Waals surface area contributed by atoms with Gasteiger partial charge in [0.15, 0.2) is 5.82 Å². The smallest absolute Gasteiger partial charge is 0.228 e. The molecule has 0 aliphatic carbocycles. The van der Waals surface area contributed by atoms with Gasteiger partial charge in [0.05, 0.1) is 6.42 Å². The van der Waals surface area contributed by atoms with E-state index < -0.39 is 0 Å². The van der Waals surface area contributed by atoms with Crippen LogP contribution in [0.3, 0.4) is 0 Å². The van der Waals surface area contributed by atoms with Gasteiger partial charge in [0.25, 0.3) is 0 Å². The highest BCUT2D eigenvalue weighted by Gasteiger charge is 2.18. The number of anilines is 1. The Balaban J connectivity index is 1.94. The van der Waals surface area contributed by atoms with Crippen LogP contribution in [0.1, 0.15) is 31.4 Å². The van der Waals surface area contributed by atoms with Gasteiger partial charge in [-0.25, -0.2) is 4.63 Å². The van der Waals surface area contributed by atoms with E-state index in [1.807, 2.05) is 4.90 Å². The van der Waals surface area contributed by atoms with Crippen LogP contribution in [0.25, 0.3) is 0 Å². The highest BCUT2D eigenvalue weighted by Crippen LogP contribution is 2.12. The van der Waals surface area contributed by atoms with Gasteiger partial charge in [-0.05, 0) is 18.0 Å². The molecule has 1 aromatic heterocycles. The van der Waals surface area contributed by atoms with E-state index in [0.29, 0.717) is 5.69 Å². The molecule has 16 heavy (non-hydrogen) atoms. The largest absolute Gasteiger partial charge is 0.379 e. The molecule has 0 bridgehead atoms. The van der Waals surface area contributed by atoms with Crippen molar-refractivity contribution in [1.82, 2.24) is 15.2 Å². The van der Waals surface area contributed by atoms with Crippen LogP contribution in [-0.2, 0) is 11.2 Å². The maximum Gasteiger partial charge on any atom is 0.228 e. The van der Waals surface area contributed by atoms with Crippen LogP contribution in [0.2, 0.25) is 0 Å². The van der Waals surface area contributed by atoms with Crippen molar-refractivity contribution in [2.24, 2.45) is 0 Å². The normalized spacial score (nSPS) is 17.1. The van der Waals surface area contributed by atoms with E-state index in [1.165, 1.54) is 12.8 Å². The monoisotopic (exact) mass is 224 g/mol. The number of rotatable bonds is 2. The molecule has 1 aliphatic rings. The Labute approximate surface area is 93.7 Å². The predicted octanol–water partition coefficient (Wildman–Crippen LogP) is 0.597. The minimum absolute atomic E-state index is 0.0595. The molecule has 2 rings (SSSR count).